The molecule has 6 heteroatoms. The molecule has 0 saturated carbocycles. The third-order valence-corrected chi connectivity index (χ3v) is 3.15. The molecule has 0 aromatic heterocycles. The number of nitrogens with one attached hydrogen (secondary N) is 1. The minimum Gasteiger partial charge on any atom is -0.347 e. The predicted molar refractivity (Wildman–Crippen MR) is 70.3 cm³/mol. The van der Waals surface area contributed by atoms with Gasteiger partial charge in [0.25, 0.3) is 0 Å². The third-order valence-electron chi connectivity index (χ3n) is 3.15. The average molecular weight is 256 g/mol. The topological polar surface area (TPSA) is 55.9 Å². The first-order valence-corrected chi connectivity index (χ1v) is 6.48. The molecule has 104 valence electrons. The first kappa shape index (κ1) is 14.9. The van der Waals surface area contributed by atoms with E-state index in [2.05, 4.69) is 17.1 Å². The second-order valence-corrected chi connectivity index (χ2v) is 4.79. The maximum absolute atomic E-state index is 11.9. The van der Waals surface area contributed by atoms with Crippen molar-refractivity contribution < 1.29 is 9.59 Å². The Morgan fingerprint density at radius 2 is 1.78 bits per heavy atom. The van der Waals surface area contributed by atoms with Crippen molar-refractivity contribution in [1.29, 1.82) is 0 Å². The summed E-state index contributed by atoms with van der Waals surface area (Å²) in [4.78, 5) is 29.4. The molecular weight excluding hydrogens is 232 g/mol. The van der Waals surface area contributed by atoms with Crippen molar-refractivity contribution in [3.8, 4) is 0 Å². The summed E-state index contributed by atoms with van der Waals surface area (Å²) < 4.78 is 0. The van der Waals surface area contributed by atoms with Gasteiger partial charge in [0.1, 0.15) is 0 Å². The van der Waals surface area contributed by atoms with Crippen LogP contribution in [0.25, 0.3) is 0 Å². The highest BCUT2D eigenvalue weighted by molar-refractivity contribution is 6.35. The van der Waals surface area contributed by atoms with Gasteiger partial charge in [-0.1, -0.05) is 6.92 Å². The maximum Gasteiger partial charge on any atom is 0.311 e. The Morgan fingerprint density at radius 1 is 1.17 bits per heavy atom. The Bertz CT molecular complexity index is 286. The SMILES string of the molecule is CCN1CCN(C(=O)C(=O)NCCN(C)C)CC1. The fourth-order valence-electron chi connectivity index (χ4n) is 1.88. The molecular formula is C12H24N4O2. The number of piperazine rings is 1. The molecule has 6 nitrogen and oxygen atoms in total. The number of hydrogen-bond donors (Lipinski definition) is 1. The molecule has 0 radical (unpaired) electrons. The van der Waals surface area contributed by atoms with Crippen LogP contribution in [-0.4, -0.2) is 86.4 Å². The largest absolute Gasteiger partial charge is 0.347 e. The minimum atomic E-state index is -0.484. The molecule has 1 saturated heterocycles. The lowest BCUT2D eigenvalue weighted by Gasteiger charge is -2.33. The van der Waals surface area contributed by atoms with Crippen LogP contribution in [-0.2, 0) is 9.59 Å². The quantitative estimate of drug-likeness (QED) is 0.644. The lowest BCUT2D eigenvalue weighted by molar-refractivity contribution is -0.147. The highest BCUT2D eigenvalue weighted by atomic mass is 16.2. The van der Waals surface area contributed by atoms with E-state index < -0.39 is 11.8 Å². The van der Waals surface area contributed by atoms with Crippen molar-refractivity contribution in [3.05, 3.63) is 0 Å². The molecule has 0 spiro atoms. The van der Waals surface area contributed by atoms with Crippen LogP contribution in [0.5, 0.6) is 0 Å². The van der Waals surface area contributed by atoms with Crippen molar-refractivity contribution in [2.75, 3.05) is 59.9 Å². The van der Waals surface area contributed by atoms with Gasteiger partial charge in [-0.15, -0.1) is 0 Å². The summed E-state index contributed by atoms with van der Waals surface area (Å²) in [5.41, 5.74) is 0. The van der Waals surface area contributed by atoms with Crippen molar-refractivity contribution in [3.63, 3.8) is 0 Å². The summed E-state index contributed by atoms with van der Waals surface area (Å²) in [5, 5.41) is 2.65. The van der Waals surface area contributed by atoms with Crippen LogP contribution in [0, 0.1) is 0 Å². The highest BCUT2D eigenvalue weighted by Crippen LogP contribution is 2.01. The van der Waals surface area contributed by atoms with Crippen LogP contribution in [0.3, 0.4) is 0 Å². The van der Waals surface area contributed by atoms with Crippen LogP contribution >= 0.6 is 0 Å². The minimum absolute atomic E-state index is 0.399. The van der Waals surface area contributed by atoms with E-state index >= 15 is 0 Å². The first-order chi connectivity index (χ1) is 8.54. The summed E-state index contributed by atoms with van der Waals surface area (Å²) in [5.74, 6) is -0.883. The third kappa shape index (κ3) is 4.62. The van der Waals surface area contributed by atoms with E-state index in [9.17, 15) is 9.59 Å². The second kappa shape index (κ2) is 7.33. The van der Waals surface area contributed by atoms with Crippen LogP contribution in [0.15, 0.2) is 0 Å². The number of carbonyl (C=O) groups is 2. The zero-order valence-electron chi connectivity index (χ0n) is 11.6. The molecule has 0 atom stereocenters. The zero-order valence-corrected chi connectivity index (χ0v) is 11.6. The molecule has 1 aliphatic heterocycles. The summed E-state index contributed by atoms with van der Waals surface area (Å²) in [7, 11) is 3.86. The van der Waals surface area contributed by atoms with E-state index in [4.69, 9.17) is 0 Å². The van der Waals surface area contributed by atoms with Crippen LogP contribution in [0.4, 0.5) is 0 Å². The first-order valence-electron chi connectivity index (χ1n) is 6.48. The van der Waals surface area contributed by atoms with Gasteiger partial charge in [0, 0.05) is 39.3 Å². The molecule has 18 heavy (non-hydrogen) atoms. The molecule has 0 unspecified atom stereocenters. The van der Waals surface area contributed by atoms with Gasteiger partial charge in [-0.3, -0.25) is 9.59 Å². The van der Waals surface area contributed by atoms with Gasteiger partial charge < -0.3 is 20.0 Å². The number of amides is 2. The maximum atomic E-state index is 11.9. The number of likely N-dealkylation sites (N-methyl/N-ethyl adjacent to an activating group) is 2. The van der Waals surface area contributed by atoms with Crippen LogP contribution in [0.1, 0.15) is 6.92 Å². The van der Waals surface area contributed by atoms with E-state index in [1.54, 1.807) is 4.90 Å². The van der Waals surface area contributed by atoms with Gasteiger partial charge >= 0.3 is 11.8 Å². The lowest BCUT2D eigenvalue weighted by atomic mass is 10.3. The van der Waals surface area contributed by atoms with Gasteiger partial charge in [0.15, 0.2) is 0 Å². The summed E-state index contributed by atoms with van der Waals surface area (Å²) in [6, 6.07) is 0. The molecule has 1 aliphatic rings. The number of nitrogens with zero attached hydrogens (tertiary/aromatic N) is 3. The van der Waals surface area contributed by atoms with Gasteiger partial charge in [-0.05, 0) is 20.6 Å². The van der Waals surface area contributed by atoms with E-state index in [1.165, 1.54) is 0 Å². The fourth-order valence-corrected chi connectivity index (χ4v) is 1.88. The average Bonchev–Trinajstić information content (AvgIpc) is 2.37. The van der Waals surface area contributed by atoms with Gasteiger partial charge in [0.05, 0.1) is 0 Å². The molecule has 0 aromatic rings. The Hall–Kier alpha value is -1.14. The second-order valence-electron chi connectivity index (χ2n) is 4.79. The summed E-state index contributed by atoms with van der Waals surface area (Å²) in [6.45, 7) is 7.35. The number of carbonyl (C=O) groups excluding carboxylic acids is 2. The monoisotopic (exact) mass is 256 g/mol. The molecule has 2 amide bonds. The molecule has 1 N–H and O–H groups in total. The molecule has 1 rings (SSSR count). The molecule has 1 heterocycles. The smallest absolute Gasteiger partial charge is 0.311 e. The van der Waals surface area contributed by atoms with Crippen LogP contribution in [0.2, 0.25) is 0 Å². The molecule has 0 aliphatic carbocycles. The Labute approximate surface area is 109 Å². The molecule has 0 aromatic carbocycles. The van der Waals surface area contributed by atoms with Crippen molar-refractivity contribution in [1.82, 2.24) is 20.0 Å². The fraction of sp³-hybridized carbons (Fsp3) is 0.833. The van der Waals surface area contributed by atoms with E-state index in [0.717, 1.165) is 26.2 Å². The highest BCUT2D eigenvalue weighted by Gasteiger charge is 2.24. The van der Waals surface area contributed by atoms with Gasteiger partial charge in [-0.25, -0.2) is 0 Å². The Balaban J connectivity index is 2.29. The van der Waals surface area contributed by atoms with Gasteiger partial charge in [0.2, 0.25) is 0 Å². The normalized spacial score (nSPS) is 17.0. The van der Waals surface area contributed by atoms with Crippen molar-refractivity contribution >= 4 is 11.8 Å². The van der Waals surface area contributed by atoms with Crippen molar-refractivity contribution in [2.45, 2.75) is 6.92 Å². The number of rotatable bonds is 4. The molecule has 1 fully saturated rings. The number of hydrogen-bond acceptors (Lipinski definition) is 4. The van der Waals surface area contributed by atoms with E-state index in [-0.39, 0.29) is 0 Å². The summed E-state index contributed by atoms with van der Waals surface area (Å²) in [6.07, 6.45) is 0. The molecule has 0 bridgehead atoms. The summed E-state index contributed by atoms with van der Waals surface area (Å²) >= 11 is 0. The van der Waals surface area contributed by atoms with E-state index in [1.807, 2.05) is 19.0 Å². The predicted octanol–water partition coefficient (Wildman–Crippen LogP) is -1.17. The zero-order chi connectivity index (χ0) is 13.5. The van der Waals surface area contributed by atoms with Crippen LogP contribution < -0.4 is 5.32 Å². The van der Waals surface area contributed by atoms with E-state index in [0.29, 0.717) is 19.6 Å². The standard InChI is InChI=1S/C12H24N4O2/c1-4-15-7-9-16(10-8-15)12(18)11(17)13-5-6-14(2)3/h4-10H2,1-3H3,(H,13,17). The Kier molecular flexibility index (Phi) is 6.07. The van der Waals surface area contributed by atoms with Crippen molar-refractivity contribution in [2.24, 2.45) is 0 Å². The Morgan fingerprint density at radius 3 is 2.28 bits per heavy atom. The van der Waals surface area contributed by atoms with Gasteiger partial charge in [-0.2, -0.15) is 0 Å². The lowest BCUT2D eigenvalue weighted by Crippen LogP contribution is -2.52.